The van der Waals surface area contributed by atoms with Gasteiger partial charge in [-0.3, -0.25) is 0 Å². The van der Waals surface area contributed by atoms with E-state index in [0.717, 1.165) is 5.69 Å². The van der Waals surface area contributed by atoms with Crippen LogP contribution in [0.15, 0.2) is 36.4 Å². The summed E-state index contributed by atoms with van der Waals surface area (Å²) in [5.74, 6) is 0.0584. The van der Waals surface area contributed by atoms with Gasteiger partial charge in [-0.25, -0.2) is 0 Å². The number of benzene rings is 2. The van der Waals surface area contributed by atoms with Crippen LogP contribution in [0.3, 0.4) is 0 Å². The summed E-state index contributed by atoms with van der Waals surface area (Å²) in [5, 5.41) is 23.3. The van der Waals surface area contributed by atoms with E-state index in [-0.39, 0.29) is 17.5 Å². The Bertz CT molecular complexity index is 602. The number of rotatable bonds is 3. The minimum atomic E-state index is -0.167. The van der Waals surface area contributed by atoms with E-state index in [0.29, 0.717) is 15.6 Å². The molecule has 0 bridgehead atoms. The van der Waals surface area contributed by atoms with E-state index in [2.05, 4.69) is 5.32 Å². The number of hydrogen-bond donors (Lipinski definition) is 3. The predicted octanol–water partition coefficient (Wildman–Crippen LogP) is 4.58. The first-order valence-corrected chi connectivity index (χ1v) is 6.46. The van der Waals surface area contributed by atoms with Gasteiger partial charge in [-0.2, -0.15) is 0 Å². The van der Waals surface area contributed by atoms with Gasteiger partial charge in [-0.05, 0) is 37.3 Å². The molecule has 2 aromatic carbocycles. The van der Waals surface area contributed by atoms with E-state index in [9.17, 15) is 10.2 Å². The number of phenols is 2. The molecule has 0 saturated carbocycles. The molecule has 0 aliphatic carbocycles. The first-order valence-electron chi connectivity index (χ1n) is 5.71. The molecule has 3 N–H and O–H groups in total. The third-order valence-electron chi connectivity index (χ3n) is 2.78. The van der Waals surface area contributed by atoms with Crippen LogP contribution < -0.4 is 5.32 Å². The largest absolute Gasteiger partial charge is 0.508 e. The third kappa shape index (κ3) is 3.25. The summed E-state index contributed by atoms with van der Waals surface area (Å²) in [6, 6.07) is 9.48. The molecule has 0 radical (unpaired) electrons. The zero-order valence-corrected chi connectivity index (χ0v) is 11.7. The molecule has 5 heteroatoms. The molecule has 1 unspecified atom stereocenters. The SMILES string of the molecule is CC(Nc1ccc(Cl)cc1Cl)c1ccc(O)cc1O. The summed E-state index contributed by atoms with van der Waals surface area (Å²) < 4.78 is 0. The Morgan fingerprint density at radius 1 is 1.05 bits per heavy atom. The normalized spacial score (nSPS) is 12.2. The van der Waals surface area contributed by atoms with Gasteiger partial charge in [0.05, 0.1) is 16.8 Å². The van der Waals surface area contributed by atoms with Gasteiger partial charge >= 0.3 is 0 Å². The molecule has 0 fully saturated rings. The summed E-state index contributed by atoms with van der Waals surface area (Å²) in [6.45, 7) is 1.89. The number of hydrogen-bond acceptors (Lipinski definition) is 3. The molecule has 0 aliphatic heterocycles. The monoisotopic (exact) mass is 297 g/mol. The first-order chi connectivity index (χ1) is 8.97. The molecule has 0 heterocycles. The van der Waals surface area contributed by atoms with Crippen molar-refractivity contribution < 1.29 is 10.2 Å². The average molecular weight is 298 g/mol. The molecule has 3 nitrogen and oxygen atoms in total. The van der Waals surface area contributed by atoms with Gasteiger partial charge < -0.3 is 15.5 Å². The van der Waals surface area contributed by atoms with Gasteiger partial charge in [-0.1, -0.05) is 23.2 Å². The number of aromatic hydroxyl groups is 2. The zero-order chi connectivity index (χ0) is 14.0. The van der Waals surface area contributed by atoms with Crippen molar-refractivity contribution in [3.63, 3.8) is 0 Å². The minimum Gasteiger partial charge on any atom is -0.508 e. The van der Waals surface area contributed by atoms with Crippen molar-refractivity contribution in [1.82, 2.24) is 0 Å². The highest BCUT2D eigenvalue weighted by atomic mass is 35.5. The standard InChI is InChI=1S/C14H13Cl2NO2/c1-8(11-4-3-10(18)7-14(11)19)17-13-5-2-9(15)6-12(13)16/h2-8,17-19H,1H3. The second-order valence-electron chi connectivity index (χ2n) is 4.23. The number of phenolic OH excluding ortho intramolecular Hbond substituents is 2. The maximum Gasteiger partial charge on any atom is 0.124 e. The highest BCUT2D eigenvalue weighted by Crippen LogP contribution is 2.32. The van der Waals surface area contributed by atoms with Crippen LogP contribution in [0.4, 0.5) is 5.69 Å². The van der Waals surface area contributed by atoms with E-state index in [1.165, 1.54) is 12.1 Å². The van der Waals surface area contributed by atoms with Crippen LogP contribution in [0.5, 0.6) is 11.5 Å². The van der Waals surface area contributed by atoms with Crippen molar-refractivity contribution in [1.29, 1.82) is 0 Å². The van der Waals surface area contributed by atoms with Crippen LogP contribution in [0.25, 0.3) is 0 Å². The van der Waals surface area contributed by atoms with Crippen LogP contribution in [-0.4, -0.2) is 10.2 Å². The Balaban J connectivity index is 2.23. The van der Waals surface area contributed by atoms with Crippen LogP contribution in [0.2, 0.25) is 10.0 Å². The summed E-state index contributed by atoms with van der Waals surface area (Å²) >= 11 is 11.9. The fourth-order valence-corrected chi connectivity index (χ4v) is 2.28. The maximum atomic E-state index is 9.80. The van der Waals surface area contributed by atoms with Gasteiger partial charge in [0.25, 0.3) is 0 Å². The van der Waals surface area contributed by atoms with Crippen LogP contribution in [0, 0.1) is 0 Å². The Morgan fingerprint density at radius 3 is 2.42 bits per heavy atom. The molecule has 0 spiro atoms. The summed E-state index contributed by atoms with van der Waals surface area (Å²) in [4.78, 5) is 0. The van der Waals surface area contributed by atoms with Gasteiger partial charge in [-0.15, -0.1) is 0 Å². The van der Waals surface area contributed by atoms with Gasteiger partial charge in [0.1, 0.15) is 11.5 Å². The Morgan fingerprint density at radius 2 is 1.79 bits per heavy atom. The Labute approximate surface area is 121 Å². The quantitative estimate of drug-likeness (QED) is 0.777. The Hall–Kier alpha value is -1.58. The highest BCUT2D eigenvalue weighted by molar-refractivity contribution is 6.36. The number of halogens is 2. The molecule has 0 amide bonds. The van der Waals surface area contributed by atoms with Crippen molar-refractivity contribution in [2.45, 2.75) is 13.0 Å². The fourth-order valence-electron chi connectivity index (χ4n) is 1.82. The lowest BCUT2D eigenvalue weighted by Gasteiger charge is -2.18. The minimum absolute atomic E-state index is 0.0259. The van der Waals surface area contributed by atoms with Crippen molar-refractivity contribution in [2.24, 2.45) is 0 Å². The molecule has 2 rings (SSSR count). The van der Waals surface area contributed by atoms with Crippen molar-refractivity contribution in [3.8, 4) is 11.5 Å². The molecule has 1 atom stereocenters. The predicted molar refractivity (Wildman–Crippen MR) is 78.3 cm³/mol. The van der Waals surface area contributed by atoms with Gasteiger partial charge in [0, 0.05) is 16.7 Å². The molecule has 100 valence electrons. The average Bonchev–Trinajstić information content (AvgIpc) is 2.32. The second kappa shape index (κ2) is 5.59. The molecule has 0 aliphatic rings. The van der Waals surface area contributed by atoms with E-state index < -0.39 is 0 Å². The van der Waals surface area contributed by atoms with Crippen LogP contribution in [0.1, 0.15) is 18.5 Å². The number of anilines is 1. The smallest absolute Gasteiger partial charge is 0.124 e. The summed E-state index contributed by atoms with van der Waals surface area (Å²) in [7, 11) is 0. The van der Waals surface area contributed by atoms with Crippen LogP contribution in [-0.2, 0) is 0 Å². The first kappa shape index (κ1) is 13.8. The maximum absolute atomic E-state index is 9.80. The Kier molecular flexibility index (Phi) is 4.08. The fraction of sp³-hybridized carbons (Fsp3) is 0.143. The van der Waals surface area contributed by atoms with Crippen molar-refractivity contribution in [3.05, 3.63) is 52.0 Å². The van der Waals surface area contributed by atoms with E-state index in [4.69, 9.17) is 23.2 Å². The van der Waals surface area contributed by atoms with E-state index in [1.807, 2.05) is 6.92 Å². The van der Waals surface area contributed by atoms with Gasteiger partial charge in [0.2, 0.25) is 0 Å². The lowest BCUT2D eigenvalue weighted by molar-refractivity contribution is 0.444. The summed E-state index contributed by atoms with van der Waals surface area (Å²) in [6.07, 6.45) is 0. The molecular weight excluding hydrogens is 285 g/mol. The molecular formula is C14H13Cl2NO2. The van der Waals surface area contributed by atoms with Crippen molar-refractivity contribution >= 4 is 28.9 Å². The van der Waals surface area contributed by atoms with E-state index in [1.54, 1.807) is 24.3 Å². The topological polar surface area (TPSA) is 52.5 Å². The van der Waals surface area contributed by atoms with E-state index >= 15 is 0 Å². The summed E-state index contributed by atoms with van der Waals surface area (Å²) in [5.41, 5.74) is 1.40. The second-order valence-corrected chi connectivity index (χ2v) is 5.08. The third-order valence-corrected chi connectivity index (χ3v) is 3.33. The zero-order valence-electron chi connectivity index (χ0n) is 10.2. The van der Waals surface area contributed by atoms with Crippen LogP contribution >= 0.6 is 23.2 Å². The highest BCUT2D eigenvalue weighted by Gasteiger charge is 2.12. The molecule has 0 saturated heterocycles. The lowest BCUT2D eigenvalue weighted by atomic mass is 10.1. The van der Waals surface area contributed by atoms with Gasteiger partial charge in [0.15, 0.2) is 0 Å². The molecule has 2 aromatic rings. The lowest BCUT2D eigenvalue weighted by Crippen LogP contribution is -2.07. The molecule has 19 heavy (non-hydrogen) atoms. The van der Waals surface area contributed by atoms with Crippen molar-refractivity contribution in [2.75, 3.05) is 5.32 Å². The molecule has 0 aromatic heterocycles. The number of nitrogens with one attached hydrogen (secondary N) is 1.